The summed E-state index contributed by atoms with van der Waals surface area (Å²) in [6.07, 6.45) is 1.06. The highest BCUT2D eigenvalue weighted by Gasteiger charge is 2.31. The smallest absolute Gasteiger partial charge is 0.261 e. The third-order valence-corrected chi connectivity index (χ3v) is 6.99. The lowest BCUT2D eigenvalue weighted by Crippen LogP contribution is -2.53. The maximum absolute atomic E-state index is 13.7. The van der Waals surface area contributed by atoms with Crippen molar-refractivity contribution >= 4 is 58.2 Å². The molecule has 0 saturated carbocycles. The average Bonchev–Trinajstić information content (AvgIpc) is 2.87. The van der Waals surface area contributed by atoms with Gasteiger partial charge < -0.3 is 15.0 Å². The van der Waals surface area contributed by atoms with Gasteiger partial charge in [0.15, 0.2) is 6.61 Å². The van der Waals surface area contributed by atoms with Gasteiger partial charge in [0, 0.05) is 34.1 Å². The molecule has 0 fully saturated rings. The van der Waals surface area contributed by atoms with Crippen LogP contribution in [0.3, 0.4) is 0 Å². The molecule has 5 nitrogen and oxygen atoms in total. The Morgan fingerprint density at radius 1 is 0.919 bits per heavy atom. The third kappa shape index (κ3) is 8.54. The van der Waals surface area contributed by atoms with E-state index in [0.717, 1.165) is 12.0 Å². The zero-order chi connectivity index (χ0) is 26.9. The summed E-state index contributed by atoms with van der Waals surface area (Å²) in [5.41, 5.74) is 1.56. The lowest BCUT2D eigenvalue weighted by atomic mass is 10.0. The summed E-state index contributed by atoms with van der Waals surface area (Å²) in [5.74, 6) is -0.356. The van der Waals surface area contributed by atoms with E-state index in [0.29, 0.717) is 32.8 Å². The molecule has 0 radical (unpaired) electrons. The Labute approximate surface area is 237 Å². The molecule has 0 aliphatic heterocycles. The minimum atomic E-state index is -0.820. The summed E-state index contributed by atoms with van der Waals surface area (Å²) in [6.45, 7) is 3.65. The fourth-order valence-electron chi connectivity index (χ4n) is 3.64. The predicted octanol–water partition coefficient (Wildman–Crippen LogP) is 7.23. The number of hydrogen-bond acceptors (Lipinski definition) is 3. The predicted molar refractivity (Wildman–Crippen MR) is 151 cm³/mol. The molecule has 9 heteroatoms. The second-order valence-electron chi connectivity index (χ2n) is 8.64. The van der Waals surface area contributed by atoms with Crippen LogP contribution < -0.4 is 10.1 Å². The lowest BCUT2D eigenvalue weighted by molar-refractivity contribution is -0.143. The number of benzene rings is 3. The van der Waals surface area contributed by atoms with Crippen LogP contribution in [0, 0.1) is 0 Å². The Bertz CT molecular complexity index is 1220. The highest BCUT2D eigenvalue weighted by molar-refractivity contribution is 6.35. The molecule has 3 aromatic carbocycles. The number of carbonyl (C=O) groups is 2. The van der Waals surface area contributed by atoms with Gasteiger partial charge in [-0.15, -0.1) is 0 Å². The van der Waals surface area contributed by atoms with Gasteiger partial charge in [-0.25, -0.2) is 0 Å². The minimum absolute atomic E-state index is 0.0639. The highest BCUT2D eigenvalue weighted by Crippen LogP contribution is 2.28. The van der Waals surface area contributed by atoms with E-state index in [4.69, 9.17) is 51.1 Å². The summed E-state index contributed by atoms with van der Waals surface area (Å²) in [4.78, 5) is 28.7. The van der Waals surface area contributed by atoms with Crippen LogP contribution in [-0.2, 0) is 22.6 Å². The Kier molecular flexibility index (Phi) is 11.0. The van der Waals surface area contributed by atoms with Crippen molar-refractivity contribution in [2.24, 2.45) is 0 Å². The molecule has 0 aromatic heterocycles. The Morgan fingerprint density at radius 2 is 1.57 bits per heavy atom. The first-order chi connectivity index (χ1) is 17.7. The number of nitrogens with zero attached hydrogens (tertiary/aromatic N) is 1. The Hall–Kier alpha value is -2.44. The van der Waals surface area contributed by atoms with E-state index in [-0.39, 0.29) is 30.1 Å². The van der Waals surface area contributed by atoms with Crippen molar-refractivity contribution in [2.75, 3.05) is 6.61 Å². The number of amides is 2. The molecule has 0 unspecified atom stereocenters. The standard InChI is InChI=1S/C28H28Cl4N2O3/c1-3-18(2)33-28(36)25(13-19-7-5-4-6-8-19)34(16-20-9-10-21(29)14-23(20)31)27(35)17-37-26-12-11-22(30)15-24(26)32/h4-12,14-15,18,25H,3,13,16-17H2,1-2H3,(H,33,36)/t18-,25+/m1/s1. The maximum Gasteiger partial charge on any atom is 0.261 e. The second-order valence-corrected chi connectivity index (χ2v) is 10.3. The van der Waals surface area contributed by atoms with E-state index in [1.54, 1.807) is 30.3 Å². The van der Waals surface area contributed by atoms with Crippen molar-refractivity contribution in [2.45, 2.75) is 45.3 Å². The number of ether oxygens (including phenoxy) is 1. The summed E-state index contributed by atoms with van der Waals surface area (Å²) in [6, 6.07) is 18.4. The van der Waals surface area contributed by atoms with E-state index in [2.05, 4.69) is 5.32 Å². The van der Waals surface area contributed by atoms with Crippen molar-refractivity contribution in [1.29, 1.82) is 0 Å². The first-order valence-corrected chi connectivity index (χ1v) is 13.3. The fourth-order valence-corrected chi connectivity index (χ4v) is 4.57. The number of rotatable bonds is 11. The van der Waals surface area contributed by atoms with Crippen LogP contribution in [0.25, 0.3) is 0 Å². The van der Waals surface area contributed by atoms with Gasteiger partial charge in [-0.2, -0.15) is 0 Å². The molecule has 196 valence electrons. The topological polar surface area (TPSA) is 58.6 Å². The molecule has 0 aliphatic carbocycles. The average molecular weight is 582 g/mol. The molecule has 0 heterocycles. The van der Waals surface area contributed by atoms with Crippen LogP contribution in [0.4, 0.5) is 0 Å². The van der Waals surface area contributed by atoms with Gasteiger partial charge in [-0.1, -0.05) is 89.7 Å². The summed E-state index contributed by atoms with van der Waals surface area (Å²) < 4.78 is 5.74. The maximum atomic E-state index is 13.7. The highest BCUT2D eigenvalue weighted by atomic mass is 35.5. The second kappa shape index (κ2) is 13.9. The monoisotopic (exact) mass is 580 g/mol. The molecule has 0 aliphatic rings. The Morgan fingerprint density at radius 3 is 2.19 bits per heavy atom. The normalized spacial score (nSPS) is 12.5. The summed E-state index contributed by atoms with van der Waals surface area (Å²) in [7, 11) is 0. The fraction of sp³-hybridized carbons (Fsp3) is 0.286. The molecule has 2 amide bonds. The van der Waals surface area contributed by atoms with Crippen molar-refractivity contribution < 1.29 is 14.3 Å². The van der Waals surface area contributed by atoms with Gasteiger partial charge >= 0.3 is 0 Å². The quantitative estimate of drug-likeness (QED) is 0.260. The van der Waals surface area contributed by atoms with Crippen molar-refractivity contribution in [1.82, 2.24) is 10.2 Å². The van der Waals surface area contributed by atoms with Gasteiger partial charge in [-0.05, 0) is 54.8 Å². The Balaban J connectivity index is 1.95. The first-order valence-electron chi connectivity index (χ1n) is 11.8. The molecule has 3 rings (SSSR count). The van der Waals surface area contributed by atoms with Crippen LogP contribution >= 0.6 is 46.4 Å². The number of nitrogens with one attached hydrogen (secondary N) is 1. The van der Waals surface area contributed by atoms with Crippen LogP contribution in [0.15, 0.2) is 66.7 Å². The molecule has 0 saturated heterocycles. The van der Waals surface area contributed by atoms with Gasteiger partial charge in [-0.3, -0.25) is 9.59 Å². The van der Waals surface area contributed by atoms with E-state index in [1.165, 1.54) is 11.0 Å². The summed E-state index contributed by atoms with van der Waals surface area (Å²) >= 11 is 24.7. The molecule has 2 atom stereocenters. The molecule has 0 spiro atoms. The van der Waals surface area contributed by atoms with Crippen molar-refractivity contribution in [3.05, 3.63) is 97.9 Å². The molecule has 1 N–H and O–H groups in total. The number of carbonyl (C=O) groups excluding carboxylic acids is 2. The summed E-state index contributed by atoms with van der Waals surface area (Å²) in [5, 5.41) is 4.62. The van der Waals surface area contributed by atoms with Gasteiger partial charge in [0.05, 0.1) is 5.02 Å². The van der Waals surface area contributed by atoms with E-state index >= 15 is 0 Å². The SMILES string of the molecule is CC[C@@H](C)NC(=O)[C@H](Cc1ccccc1)N(Cc1ccc(Cl)cc1Cl)C(=O)COc1ccc(Cl)cc1Cl. The number of hydrogen-bond donors (Lipinski definition) is 1. The zero-order valence-electron chi connectivity index (χ0n) is 20.5. The molecule has 3 aromatic rings. The van der Waals surface area contributed by atoms with Crippen LogP contribution in [0.1, 0.15) is 31.4 Å². The van der Waals surface area contributed by atoms with E-state index in [9.17, 15) is 9.59 Å². The number of halogens is 4. The van der Waals surface area contributed by atoms with Crippen molar-refractivity contribution in [3.63, 3.8) is 0 Å². The largest absolute Gasteiger partial charge is 0.482 e. The van der Waals surface area contributed by atoms with E-state index < -0.39 is 11.9 Å². The van der Waals surface area contributed by atoms with Gasteiger partial charge in [0.1, 0.15) is 11.8 Å². The first kappa shape index (κ1) is 29.1. The van der Waals surface area contributed by atoms with Crippen LogP contribution in [0.5, 0.6) is 5.75 Å². The van der Waals surface area contributed by atoms with Crippen LogP contribution in [0.2, 0.25) is 20.1 Å². The zero-order valence-corrected chi connectivity index (χ0v) is 23.5. The lowest BCUT2D eigenvalue weighted by Gasteiger charge is -2.32. The van der Waals surface area contributed by atoms with Gasteiger partial charge in [0.25, 0.3) is 5.91 Å². The molecule has 37 heavy (non-hydrogen) atoms. The minimum Gasteiger partial charge on any atom is -0.482 e. The van der Waals surface area contributed by atoms with Crippen LogP contribution in [-0.4, -0.2) is 35.4 Å². The molecular weight excluding hydrogens is 554 g/mol. The third-order valence-electron chi connectivity index (χ3n) is 5.87. The van der Waals surface area contributed by atoms with E-state index in [1.807, 2.05) is 44.2 Å². The van der Waals surface area contributed by atoms with Gasteiger partial charge in [0.2, 0.25) is 5.91 Å². The molecular formula is C28H28Cl4N2O3. The van der Waals surface area contributed by atoms with Crippen molar-refractivity contribution in [3.8, 4) is 5.75 Å². The molecule has 0 bridgehead atoms.